The second-order valence-corrected chi connectivity index (χ2v) is 4.33. The van der Waals surface area contributed by atoms with Crippen molar-refractivity contribution in [2.45, 2.75) is 25.1 Å². The Kier molecular flexibility index (Phi) is 4.40. The van der Waals surface area contributed by atoms with Gasteiger partial charge in [-0.05, 0) is 19.8 Å². The quantitative estimate of drug-likeness (QED) is 0.589. The summed E-state index contributed by atoms with van der Waals surface area (Å²) >= 11 is 7.42. The lowest BCUT2D eigenvalue weighted by atomic mass is 10.2. The SMILES string of the molecule is CC(Cl)CCCNc1nccs1. The summed E-state index contributed by atoms with van der Waals surface area (Å²) in [5.74, 6) is 0. The van der Waals surface area contributed by atoms with Crippen LogP contribution in [0.3, 0.4) is 0 Å². The molecule has 2 nitrogen and oxygen atoms in total. The van der Waals surface area contributed by atoms with Crippen LogP contribution in [0.1, 0.15) is 19.8 Å². The van der Waals surface area contributed by atoms with Crippen molar-refractivity contribution in [3.63, 3.8) is 0 Å². The molecule has 0 saturated heterocycles. The van der Waals surface area contributed by atoms with Crippen LogP contribution >= 0.6 is 22.9 Å². The highest BCUT2D eigenvalue weighted by atomic mass is 35.5. The van der Waals surface area contributed by atoms with Gasteiger partial charge < -0.3 is 5.32 Å². The number of hydrogen-bond acceptors (Lipinski definition) is 3. The van der Waals surface area contributed by atoms with Crippen molar-refractivity contribution in [1.82, 2.24) is 4.98 Å². The van der Waals surface area contributed by atoms with Crippen LogP contribution in [0.4, 0.5) is 5.13 Å². The van der Waals surface area contributed by atoms with Gasteiger partial charge in [-0.15, -0.1) is 22.9 Å². The maximum absolute atomic E-state index is 5.80. The monoisotopic (exact) mass is 204 g/mol. The number of alkyl halides is 1. The van der Waals surface area contributed by atoms with Crippen LogP contribution < -0.4 is 5.32 Å². The number of rotatable bonds is 5. The average molecular weight is 205 g/mol. The van der Waals surface area contributed by atoms with E-state index in [-0.39, 0.29) is 5.38 Å². The lowest BCUT2D eigenvalue weighted by Gasteiger charge is -2.03. The molecule has 0 aromatic carbocycles. The fourth-order valence-electron chi connectivity index (χ4n) is 0.889. The number of aromatic nitrogens is 1. The van der Waals surface area contributed by atoms with E-state index in [0.29, 0.717) is 0 Å². The number of halogens is 1. The van der Waals surface area contributed by atoms with Crippen LogP contribution in [0.2, 0.25) is 0 Å². The molecule has 0 fully saturated rings. The van der Waals surface area contributed by atoms with Crippen molar-refractivity contribution >= 4 is 28.1 Å². The second-order valence-electron chi connectivity index (χ2n) is 2.69. The number of nitrogens with zero attached hydrogens (tertiary/aromatic N) is 1. The Morgan fingerprint density at radius 3 is 3.17 bits per heavy atom. The molecule has 0 radical (unpaired) electrons. The molecule has 0 amide bonds. The summed E-state index contributed by atoms with van der Waals surface area (Å²) in [7, 11) is 0. The molecule has 0 bridgehead atoms. The van der Waals surface area contributed by atoms with E-state index >= 15 is 0 Å². The van der Waals surface area contributed by atoms with Crippen LogP contribution in [-0.4, -0.2) is 16.9 Å². The van der Waals surface area contributed by atoms with Gasteiger partial charge in [0.15, 0.2) is 5.13 Å². The summed E-state index contributed by atoms with van der Waals surface area (Å²) in [6, 6.07) is 0. The molecule has 0 spiro atoms. The molecule has 1 atom stereocenters. The Morgan fingerprint density at radius 2 is 2.58 bits per heavy atom. The highest BCUT2D eigenvalue weighted by Crippen LogP contribution is 2.10. The van der Waals surface area contributed by atoms with Crippen LogP contribution in [0.15, 0.2) is 11.6 Å². The Hall–Kier alpha value is -0.280. The molecule has 68 valence electrons. The van der Waals surface area contributed by atoms with E-state index in [1.54, 1.807) is 17.5 Å². The summed E-state index contributed by atoms with van der Waals surface area (Å²) in [6.45, 7) is 2.98. The van der Waals surface area contributed by atoms with Crippen LogP contribution in [-0.2, 0) is 0 Å². The zero-order valence-corrected chi connectivity index (χ0v) is 8.66. The lowest BCUT2D eigenvalue weighted by molar-refractivity contribution is 0.750. The summed E-state index contributed by atoms with van der Waals surface area (Å²) in [6.07, 6.45) is 3.96. The highest BCUT2D eigenvalue weighted by Gasteiger charge is 1.96. The van der Waals surface area contributed by atoms with Crippen molar-refractivity contribution in [2.75, 3.05) is 11.9 Å². The minimum atomic E-state index is 0.281. The van der Waals surface area contributed by atoms with Gasteiger partial charge in [0, 0.05) is 23.5 Å². The maximum Gasteiger partial charge on any atom is 0.182 e. The van der Waals surface area contributed by atoms with Crippen LogP contribution in [0, 0.1) is 0 Å². The second kappa shape index (κ2) is 5.38. The van der Waals surface area contributed by atoms with Crippen LogP contribution in [0.5, 0.6) is 0 Å². The summed E-state index contributed by atoms with van der Waals surface area (Å²) in [4.78, 5) is 4.11. The first-order valence-electron chi connectivity index (χ1n) is 4.06. The third-order valence-electron chi connectivity index (χ3n) is 1.49. The van der Waals surface area contributed by atoms with Gasteiger partial charge in [-0.2, -0.15) is 0 Å². The normalized spacial score (nSPS) is 12.8. The Balaban J connectivity index is 2.04. The highest BCUT2D eigenvalue weighted by molar-refractivity contribution is 7.13. The average Bonchev–Trinajstić information content (AvgIpc) is 2.49. The van der Waals surface area contributed by atoms with Crippen molar-refractivity contribution in [1.29, 1.82) is 0 Å². The van der Waals surface area contributed by atoms with Gasteiger partial charge in [0.2, 0.25) is 0 Å². The van der Waals surface area contributed by atoms with Crippen molar-refractivity contribution < 1.29 is 0 Å². The molecule has 1 aromatic heterocycles. The molecule has 0 saturated carbocycles. The fourth-order valence-corrected chi connectivity index (χ4v) is 1.60. The molecular formula is C8H13ClN2S. The molecule has 12 heavy (non-hydrogen) atoms. The molecule has 1 N–H and O–H groups in total. The van der Waals surface area contributed by atoms with Gasteiger partial charge >= 0.3 is 0 Å². The van der Waals surface area contributed by atoms with Gasteiger partial charge in [0.05, 0.1) is 0 Å². The molecule has 4 heteroatoms. The zero-order chi connectivity index (χ0) is 8.81. The van der Waals surface area contributed by atoms with E-state index in [1.165, 1.54) is 0 Å². The van der Waals surface area contributed by atoms with Crippen LogP contribution in [0.25, 0.3) is 0 Å². The largest absolute Gasteiger partial charge is 0.362 e. The lowest BCUT2D eigenvalue weighted by Crippen LogP contribution is -2.03. The smallest absolute Gasteiger partial charge is 0.182 e. The van der Waals surface area contributed by atoms with E-state index in [1.807, 2.05) is 12.3 Å². The summed E-state index contributed by atoms with van der Waals surface area (Å²) in [5.41, 5.74) is 0. The van der Waals surface area contributed by atoms with E-state index in [2.05, 4.69) is 10.3 Å². The standard InChI is InChI=1S/C8H13ClN2S/c1-7(9)3-2-4-10-8-11-5-6-12-8/h5-7H,2-4H2,1H3,(H,10,11). The van der Waals surface area contributed by atoms with Gasteiger partial charge in [0.1, 0.15) is 0 Å². The molecule has 1 rings (SSSR count). The van der Waals surface area contributed by atoms with Crippen molar-refractivity contribution in [3.05, 3.63) is 11.6 Å². The first-order valence-corrected chi connectivity index (χ1v) is 5.38. The van der Waals surface area contributed by atoms with Gasteiger partial charge in [-0.25, -0.2) is 4.98 Å². The summed E-state index contributed by atoms with van der Waals surface area (Å²) < 4.78 is 0. The maximum atomic E-state index is 5.80. The third kappa shape index (κ3) is 3.93. The number of anilines is 1. The predicted octanol–water partition coefficient (Wildman–Crippen LogP) is 2.96. The zero-order valence-electron chi connectivity index (χ0n) is 7.09. The molecule has 0 aliphatic carbocycles. The van der Waals surface area contributed by atoms with E-state index < -0.39 is 0 Å². The topological polar surface area (TPSA) is 24.9 Å². The Bertz CT molecular complexity index is 199. The Labute approximate surface area is 82.0 Å². The molecule has 0 aliphatic rings. The van der Waals surface area contributed by atoms with E-state index in [9.17, 15) is 0 Å². The fraction of sp³-hybridized carbons (Fsp3) is 0.625. The van der Waals surface area contributed by atoms with Crippen molar-refractivity contribution in [2.24, 2.45) is 0 Å². The molecule has 1 unspecified atom stereocenters. The van der Waals surface area contributed by atoms with Gasteiger partial charge in [-0.3, -0.25) is 0 Å². The first-order chi connectivity index (χ1) is 5.79. The molecule has 1 aromatic rings. The Morgan fingerprint density at radius 1 is 1.75 bits per heavy atom. The molecule has 1 heterocycles. The van der Waals surface area contributed by atoms with Gasteiger partial charge in [0.25, 0.3) is 0 Å². The third-order valence-corrected chi connectivity index (χ3v) is 2.44. The van der Waals surface area contributed by atoms with Crippen molar-refractivity contribution in [3.8, 4) is 0 Å². The first kappa shape index (κ1) is 9.81. The number of thiazole rings is 1. The molecule has 0 aliphatic heterocycles. The predicted molar refractivity (Wildman–Crippen MR) is 55.2 cm³/mol. The number of hydrogen-bond donors (Lipinski definition) is 1. The van der Waals surface area contributed by atoms with E-state index in [4.69, 9.17) is 11.6 Å². The number of nitrogens with one attached hydrogen (secondary N) is 1. The molecular weight excluding hydrogens is 192 g/mol. The summed E-state index contributed by atoms with van der Waals surface area (Å²) in [5, 5.41) is 6.47. The van der Waals surface area contributed by atoms with E-state index in [0.717, 1.165) is 24.5 Å². The minimum absolute atomic E-state index is 0.281. The van der Waals surface area contributed by atoms with Gasteiger partial charge in [-0.1, -0.05) is 0 Å². The minimum Gasteiger partial charge on any atom is -0.362 e.